The standard InChI is InChI=1S/C21H29N3O3/c1-4-5-6-11-23(16(2)3)15-21(25)24-18(20-10-8-13-27-20)14-17(22-24)19-9-7-12-26-19/h7-10,12-13,16,18H,4-6,11,14-15H2,1-3H3. The summed E-state index contributed by atoms with van der Waals surface area (Å²) in [5.41, 5.74) is 0.775. The first-order valence-corrected chi connectivity index (χ1v) is 9.81. The van der Waals surface area contributed by atoms with Crippen LogP contribution in [-0.4, -0.2) is 40.7 Å². The van der Waals surface area contributed by atoms with Gasteiger partial charge in [-0.2, -0.15) is 5.10 Å². The Morgan fingerprint density at radius 2 is 2.04 bits per heavy atom. The van der Waals surface area contributed by atoms with Gasteiger partial charge in [-0.25, -0.2) is 5.01 Å². The molecule has 1 aliphatic rings. The zero-order valence-electron chi connectivity index (χ0n) is 16.4. The molecule has 0 N–H and O–H groups in total. The van der Waals surface area contributed by atoms with Crippen molar-refractivity contribution in [2.24, 2.45) is 5.10 Å². The maximum atomic E-state index is 13.1. The second kappa shape index (κ2) is 9.04. The van der Waals surface area contributed by atoms with Crippen LogP contribution in [0.5, 0.6) is 0 Å². The van der Waals surface area contributed by atoms with Gasteiger partial charge in [-0.05, 0) is 51.1 Å². The van der Waals surface area contributed by atoms with E-state index in [1.807, 2.05) is 24.3 Å². The number of hydrazone groups is 1. The van der Waals surface area contributed by atoms with E-state index >= 15 is 0 Å². The van der Waals surface area contributed by atoms with E-state index in [1.54, 1.807) is 17.5 Å². The average Bonchev–Trinajstić information content (AvgIpc) is 3.40. The number of amides is 1. The van der Waals surface area contributed by atoms with Crippen LogP contribution in [0.1, 0.15) is 64.0 Å². The Kier molecular flexibility index (Phi) is 6.50. The molecule has 0 aromatic carbocycles. The van der Waals surface area contributed by atoms with Gasteiger partial charge in [0.2, 0.25) is 0 Å². The highest BCUT2D eigenvalue weighted by atomic mass is 16.3. The fraction of sp³-hybridized carbons (Fsp3) is 0.524. The lowest BCUT2D eigenvalue weighted by molar-refractivity contribution is -0.135. The van der Waals surface area contributed by atoms with Gasteiger partial charge in [0.1, 0.15) is 23.3 Å². The van der Waals surface area contributed by atoms with Crippen LogP contribution >= 0.6 is 0 Å². The van der Waals surface area contributed by atoms with Crippen molar-refractivity contribution >= 4 is 11.6 Å². The van der Waals surface area contributed by atoms with Gasteiger partial charge in [0.05, 0.1) is 19.1 Å². The highest BCUT2D eigenvalue weighted by molar-refractivity contribution is 6.01. The quantitative estimate of drug-likeness (QED) is 0.611. The summed E-state index contributed by atoms with van der Waals surface area (Å²) >= 11 is 0. The summed E-state index contributed by atoms with van der Waals surface area (Å²) in [7, 11) is 0. The topological polar surface area (TPSA) is 62.2 Å². The number of rotatable bonds is 9. The van der Waals surface area contributed by atoms with Gasteiger partial charge in [0.15, 0.2) is 0 Å². The van der Waals surface area contributed by atoms with Crippen LogP contribution in [0, 0.1) is 0 Å². The molecule has 0 saturated carbocycles. The average molecular weight is 371 g/mol. The maximum Gasteiger partial charge on any atom is 0.257 e. The third-order valence-corrected chi connectivity index (χ3v) is 4.96. The summed E-state index contributed by atoms with van der Waals surface area (Å²) in [4.78, 5) is 15.3. The first kappa shape index (κ1) is 19.4. The molecule has 1 amide bonds. The van der Waals surface area contributed by atoms with Gasteiger partial charge in [-0.15, -0.1) is 0 Å². The van der Waals surface area contributed by atoms with E-state index in [-0.39, 0.29) is 11.9 Å². The van der Waals surface area contributed by atoms with Gasteiger partial charge in [0, 0.05) is 12.5 Å². The Balaban J connectivity index is 1.76. The van der Waals surface area contributed by atoms with Gasteiger partial charge in [0.25, 0.3) is 5.91 Å². The summed E-state index contributed by atoms with van der Waals surface area (Å²) in [6.45, 7) is 7.72. The van der Waals surface area contributed by atoms with Crippen molar-refractivity contribution in [2.45, 2.75) is 58.5 Å². The molecule has 27 heavy (non-hydrogen) atoms. The second-order valence-electron chi connectivity index (χ2n) is 7.27. The van der Waals surface area contributed by atoms with Crippen LogP contribution in [0.2, 0.25) is 0 Å². The van der Waals surface area contributed by atoms with Crippen molar-refractivity contribution in [3.8, 4) is 0 Å². The molecule has 1 unspecified atom stereocenters. The van der Waals surface area contributed by atoms with E-state index in [1.165, 1.54) is 12.8 Å². The highest BCUT2D eigenvalue weighted by Gasteiger charge is 2.36. The molecule has 3 heterocycles. The molecule has 0 fully saturated rings. The number of nitrogens with zero attached hydrogens (tertiary/aromatic N) is 3. The van der Waals surface area contributed by atoms with Crippen molar-refractivity contribution < 1.29 is 13.6 Å². The molecule has 2 aromatic heterocycles. The highest BCUT2D eigenvalue weighted by Crippen LogP contribution is 2.33. The van der Waals surface area contributed by atoms with E-state index in [4.69, 9.17) is 8.83 Å². The number of hydrogen-bond acceptors (Lipinski definition) is 5. The molecular formula is C21H29N3O3. The SMILES string of the molecule is CCCCCN(CC(=O)N1N=C(c2ccco2)CC1c1ccco1)C(C)C. The molecule has 0 aliphatic carbocycles. The summed E-state index contributed by atoms with van der Waals surface area (Å²) in [5.74, 6) is 1.43. The summed E-state index contributed by atoms with van der Waals surface area (Å²) < 4.78 is 11.1. The van der Waals surface area contributed by atoms with Crippen LogP contribution in [0.15, 0.2) is 50.7 Å². The number of carbonyl (C=O) groups excluding carboxylic acids is 1. The molecule has 0 bridgehead atoms. The fourth-order valence-corrected chi connectivity index (χ4v) is 3.37. The molecule has 1 aliphatic heterocycles. The molecule has 6 nitrogen and oxygen atoms in total. The first-order chi connectivity index (χ1) is 13.1. The monoisotopic (exact) mass is 371 g/mol. The summed E-state index contributed by atoms with van der Waals surface area (Å²) in [5, 5.41) is 6.17. The lowest BCUT2D eigenvalue weighted by Gasteiger charge is -2.28. The molecule has 6 heteroatoms. The predicted molar refractivity (Wildman–Crippen MR) is 104 cm³/mol. The molecule has 146 valence electrons. The van der Waals surface area contributed by atoms with Crippen LogP contribution in [0.4, 0.5) is 0 Å². The van der Waals surface area contributed by atoms with Crippen molar-refractivity contribution in [1.82, 2.24) is 9.91 Å². The van der Waals surface area contributed by atoms with E-state index in [0.29, 0.717) is 24.8 Å². The smallest absolute Gasteiger partial charge is 0.257 e. The largest absolute Gasteiger partial charge is 0.467 e. The minimum Gasteiger partial charge on any atom is -0.467 e. The zero-order valence-corrected chi connectivity index (χ0v) is 16.4. The lowest BCUT2D eigenvalue weighted by atomic mass is 10.1. The second-order valence-corrected chi connectivity index (χ2v) is 7.27. The summed E-state index contributed by atoms with van der Waals surface area (Å²) in [6.07, 6.45) is 7.29. The Morgan fingerprint density at radius 3 is 2.67 bits per heavy atom. The van der Waals surface area contributed by atoms with Gasteiger partial charge < -0.3 is 8.83 Å². The first-order valence-electron chi connectivity index (χ1n) is 9.81. The molecule has 3 rings (SSSR count). The Morgan fingerprint density at radius 1 is 1.26 bits per heavy atom. The molecule has 0 radical (unpaired) electrons. The minimum absolute atomic E-state index is 0.0110. The third kappa shape index (κ3) is 4.69. The Bertz CT molecular complexity index is 735. The van der Waals surface area contributed by atoms with E-state index in [9.17, 15) is 4.79 Å². The van der Waals surface area contributed by atoms with Crippen molar-refractivity contribution in [3.05, 3.63) is 48.3 Å². The van der Waals surface area contributed by atoms with E-state index < -0.39 is 0 Å². The number of unbranched alkanes of at least 4 members (excludes halogenated alkanes) is 2. The zero-order chi connectivity index (χ0) is 19.2. The Labute approximate surface area is 160 Å². The number of furan rings is 2. The van der Waals surface area contributed by atoms with E-state index in [0.717, 1.165) is 24.4 Å². The summed E-state index contributed by atoms with van der Waals surface area (Å²) in [6, 6.07) is 7.53. The van der Waals surface area contributed by atoms with Gasteiger partial charge in [-0.3, -0.25) is 9.69 Å². The van der Waals surface area contributed by atoms with Gasteiger partial charge >= 0.3 is 0 Å². The normalized spacial score (nSPS) is 17.1. The molecular weight excluding hydrogens is 342 g/mol. The van der Waals surface area contributed by atoms with Gasteiger partial charge in [-0.1, -0.05) is 19.8 Å². The van der Waals surface area contributed by atoms with Crippen molar-refractivity contribution in [3.63, 3.8) is 0 Å². The fourth-order valence-electron chi connectivity index (χ4n) is 3.37. The molecule has 1 atom stereocenters. The number of hydrogen-bond donors (Lipinski definition) is 0. The lowest BCUT2D eigenvalue weighted by Crippen LogP contribution is -2.41. The third-order valence-electron chi connectivity index (χ3n) is 4.96. The minimum atomic E-state index is -0.225. The maximum absolute atomic E-state index is 13.1. The predicted octanol–water partition coefficient (Wildman–Crippen LogP) is 4.45. The number of carbonyl (C=O) groups is 1. The van der Waals surface area contributed by atoms with Crippen molar-refractivity contribution in [2.75, 3.05) is 13.1 Å². The van der Waals surface area contributed by atoms with Crippen LogP contribution in [-0.2, 0) is 4.79 Å². The van der Waals surface area contributed by atoms with Crippen LogP contribution in [0.3, 0.4) is 0 Å². The molecule has 0 saturated heterocycles. The van der Waals surface area contributed by atoms with E-state index in [2.05, 4.69) is 30.8 Å². The van der Waals surface area contributed by atoms with Crippen LogP contribution < -0.4 is 0 Å². The Hall–Kier alpha value is -2.34. The molecule has 0 spiro atoms. The molecule has 2 aromatic rings. The van der Waals surface area contributed by atoms with Crippen LogP contribution in [0.25, 0.3) is 0 Å². The van der Waals surface area contributed by atoms with Crippen molar-refractivity contribution in [1.29, 1.82) is 0 Å².